The number of hydrogen-bond acceptors (Lipinski definition) is 6. The van der Waals surface area contributed by atoms with E-state index in [2.05, 4.69) is 5.10 Å². The molecule has 7 nitrogen and oxygen atoms in total. The van der Waals surface area contributed by atoms with Crippen LogP contribution in [-0.4, -0.2) is 47.2 Å². The van der Waals surface area contributed by atoms with Crippen LogP contribution in [0.4, 0.5) is 11.6 Å². The fourth-order valence-electron chi connectivity index (χ4n) is 2.51. The number of esters is 1. The third kappa shape index (κ3) is 2.25. The summed E-state index contributed by atoms with van der Waals surface area (Å²) in [7, 11) is 1.32. The fraction of sp³-hybridized carbons (Fsp3) is 0.667. The number of ether oxygens (including phenoxy) is 1. The number of aryl methyl sites for hydroxylation is 1. The molecule has 1 unspecified atom stereocenters. The number of methoxy groups -OCH3 is 1. The van der Waals surface area contributed by atoms with Crippen LogP contribution in [-0.2, 0) is 11.3 Å². The number of aromatic nitrogens is 2. The lowest BCUT2D eigenvalue weighted by atomic mass is 10.2. The average Bonchev–Trinajstić information content (AvgIpc) is 3.01. The van der Waals surface area contributed by atoms with Gasteiger partial charge in [0.15, 0.2) is 5.82 Å². The van der Waals surface area contributed by atoms with E-state index in [1.54, 1.807) is 4.68 Å². The van der Waals surface area contributed by atoms with E-state index in [4.69, 9.17) is 10.5 Å². The number of nitrogens with two attached hydrogens (primary N) is 1. The molecule has 0 saturated carbocycles. The van der Waals surface area contributed by atoms with E-state index in [0.717, 1.165) is 19.4 Å². The van der Waals surface area contributed by atoms with E-state index in [1.807, 2.05) is 11.8 Å². The van der Waals surface area contributed by atoms with Crippen LogP contribution >= 0.6 is 0 Å². The monoisotopic (exact) mass is 268 g/mol. The second-order valence-corrected chi connectivity index (χ2v) is 4.56. The number of hydrogen-bond donors (Lipinski definition) is 2. The molecule has 0 aliphatic carbocycles. The van der Waals surface area contributed by atoms with Crippen molar-refractivity contribution in [1.29, 1.82) is 0 Å². The Hall–Kier alpha value is -1.76. The minimum atomic E-state index is -0.490. The number of rotatable bonds is 4. The molecular weight excluding hydrogens is 248 g/mol. The Bertz CT molecular complexity index is 472. The Balaban J connectivity index is 2.46. The molecule has 1 atom stereocenters. The lowest BCUT2D eigenvalue weighted by Gasteiger charge is -2.23. The Labute approximate surface area is 111 Å². The zero-order valence-corrected chi connectivity index (χ0v) is 11.3. The average molecular weight is 268 g/mol. The number of nitrogen functional groups attached to an aromatic ring is 1. The molecule has 0 radical (unpaired) electrons. The normalized spacial score (nSPS) is 18.9. The van der Waals surface area contributed by atoms with Crippen LogP contribution in [0.5, 0.6) is 0 Å². The van der Waals surface area contributed by atoms with Crippen molar-refractivity contribution in [2.75, 3.05) is 30.9 Å². The van der Waals surface area contributed by atoms with Gasteiger partial charge in [0.1, 0.15) is 11.4 Å². The van der Waals surface area contributed by atoms with Crippen molar-refractivity contribution in [2.24, 2.45) is 0 Å². The largest absolute Gasteiger partial charge is 0.465 e. The van der Waals surface area contributed by atoms with Gasteiger partial charge in [0.2, 0.25) is 0 Å². The molecular formula is C12H20N4O3. The van der Waals surface area contributed by atoms with Gasteiger partial charge in [-0.15, -0.1) is 0 Å². The maximum absolute atomic E-state index is 11.9. The molecule has 3 N–H and O–H groups in total. The lowest BCUT2D eigenvalue weighted by molar-refractivity contribution is 0.0602. The van der Waals surface area contributed by atoms with E-state index in [1.165, 1.54) is 7.11 Å². The number of nitrogens with zero attached hydrogens (tertiary/aromatic N) is 3. The first-order chi connectivity index (χ1) is 9.13. The molecule has 1 aliphatic rings. The minimum absolute atomic E-state index is 0.0111. The molecule has 7 heteroatoms. The highest BCUT2D eigenvalue weighted by Crippen LogP contribution is 2.31. The number of carbonyl (C=O) groups is 1. The van der Waals surface area contributed by atoms with Crippen LogP contribution in [0.2, 0.25) is 0 Å². The van der Waals surface area contributed by atoms with Crippen LogP contribution in [0.3, 0.4) is 0 Å². The first-order valence-electron chi connectivity index (χ1n) is 6.46. The fourth-order valence-corrected chi connectivity index (χ4v) is 2.51. The number of aliphatic hydroxyl groups is 1. The highest BCUT2D eigenvalue weighted by molar-refractivity contribution is 5.99. The van der Waals surface area contributed by atoms with Gasteiger partial charge in [0.05, 0.1) is 19.8 Å². The van der Waals surface area contributed by atoms with E-state index >= 15 is 0 Å². The summed E-state index contributed by atoms with van der Waals surface area (Å²) in [6.45, 7) is 3.28. The topological polar surface area (TPSA) is 93.6 Å². The van der Waals surface area contributed by atoms with Gasteiger partial charge in [-0.1, -0.05) is 0 Å². The molecule has 0 spiro atoms. The molecule has 0 bridgehead atoms. The smallest absolute Gasteiger partial charge is 0.345 e. The second-order valence-electron chi connectivity index (χ2n) is 4.56. The summed E-state index contributed by atoms with van der Waals surface area (Å²) in [5.41, 5.74) is 6.25. The highest BCUT2D eigenvalue weighted by Gasteiger charge is 2.32. The van der Waals surface area contributed by atoms with Crippen molar-refractivity contribution < 1.29 is 14.6 Å². The summed E-state index contributed by atoms with van der Waals surface area (Å²) in [5, 5.41) is 13.8. The third-order valence-electron chi connectivity index (χ3n) is 3.52. The summed E-state index contributed by atoms with van der Waals surface area (Å²) in [6.07, 6.45) is 1.85. The maximum atomic E-state index is 11.9. The van der Waals surface area contributed by atoms with Crippen molar-refractivity contribution in [3.05, 3.63) is 5.56 Å². The number of carbonyl (C=O) groups excluding carboxylic acids is 1. The quantitative estimate of drug-likeness (QED) is 0.759. The molecule has 106 valence electrons. The molecule has 1 aromatic rings. The van der Waals surface area contributed by atoms with Gasteiger partial charge in [-0.25, -0.2) is 9.48 Å². The predicted octanol–water partition coefficient (Wildman–Crippen LogP) is 0.233. The Morgan fingerprint density at radius 2 is 2.37 bits per heavy atom. The first kappa shape index (κ1) is 13.7. The molecule has 1 aliphatic heterocycles. The van der Waals surface area contributed by atoms with Gasteiger partial charge >= 0.3 is 5.97 Å². The van der Waals surface area contributed by atoms with Crippen LogP contribution in [0.15, 0.2) is 0 Å². The molecule has 0 aromatic carbocycles. The summed E-state index contributed by atoms with van der Waals surface area (Å²) in [4.78, 5) is 13.8. The lowest BCUT2D eigenvalue weighted by Crippen LogP contribution is -2.33. The molecule has 2 heterocycles. The van der Waals surface area contributed by atoms with E-state index in [0.29, 0.717) is 23.7 Å². The molecule has 1 aromatic heterocycles. The van der Waals surface area contributed by atoms with Gasteiger partial charge < -0.3 is 20.5 Å². The minimum Gasteiger partial charge on any atom is -0.465 e. The van der Waals surface area contributed by atoms with Crippen LogP contribution < -0.4 is 10.6 Å². The summed E-state index contributed by atoms with van der Waals surface area (Å²) < 4.78 is 6.36. The zero-order chi connectivity index (χ0) is 14.0. The van der Waals surface area contributed by atoms with Crippen LogP contribution in [0.25, 0.3) is 0 Å². The van der Waals surface area contributed by atoms with Crippen molar-refractivity contribution in [3.63, 3.8) is 0 Å². The summed E-state index contributed by atoms with van der Waals surface area (Å²) in [6, 6.07) is -0.0111. The maximum Gasteiger partial charge on any atom is 0.345 e. The number of aliphatic hydroxyl groups excluding tert-OH is 1. The van der Waals surface area contributed by atoms with Crippen LogP contribution in [0, 0.1) is 0 Å². The van der Waals surface area contributed by atoms with Gasteiger partial charge in [0.25, 0.3) is 0 Å². The Morgan fingerprint density at radius 1 is 1.63 bits per heavy atom. The van der Waals surface area contributed by atoms with E-state index in [-0.39, 0.29) is 12.6 Å². The molecule has 1 saturated heterocycles. The highest BCUT2D eigenvalue weighted by atomic mass is 16.5. The third-order valence-corrected chi connectivity index (χ3v) is 3.52. The molecule has 1 fully saturated rings. The standard InChI is InChI=1S/C12H20N4O3/c1-3-16-10(13)9(12(18)19-2)11(14-16)15-6-4-5-8(15)7-17/h8,17H,3-7,13H2,1-2H3. The molecule has 2 rings (SSSR count). The van der Waals surface area contributed by atoms with Crippen molar-refractivity contribution in [2.45, 2.75) is 32.4 Å². The molecule has 19 heavy (non-hydrogen) atoms. The number of anilines is 2. The van der Waals surface area contributed by atoms with Crippen molar-refractivity contribution >= 4 is 17.6 Å². The van der Waals surface area contributed by atoms with Crippen molar-refractivity contribution in [3.8, 4) is 0 Å². The van der Waals surface area contributed by atoms with Gasteiger partial charge in [-0.05, 0) is 19.8 Å². The molecule has 0 amide bonds. The Kier molecular flexibility index (Phi) is 3.94. The summed E-state index contributed by atoms with van der Waals surface area (Å²) >= 11 is 0. The van der Waals surface area contributed by atoms with Crippen molar-refractivity contribution in [1.82, 2.24) is 9.78 Å². The summed E-state index contributed by atoms with van der Waals surface area (Å²) in [5.74, 6) is 0.339. The van der Waals surface area contributed by atoms with Gasteiger partial charge in [0, 0.05) is 13.1 Å². The van der Waals surface area contributed by atoms with E-state index < -0.39 is 5.97 Å². The van der Waals surface area contributed by atoms with Crippen LogP contribution in [0.1, 0.15) is 30.1 Å². The predicted molar refractivity (Wildman–Crippen MR) is 71.1 cm³/mol. The SMILES string of the molecule is CCn1nc(N2CCCC2CO)c(C(=O)OC)c1N. The second kappa shape index (κ2) is 5.48. The van der Waals surface area contributed by atoms with Gasteiger partial charge in [-0.2, -0.15) is 5.10 Å². The van der Waals surface area contributed by atoms with Gasteiger partial charge in [-0.3, -0.25) is 0 Å². The Morgan fingerprint density at radius 3 is 2.95 bits per heavy atom. The zero-order valence-electron chi connectivity index (χ0n) is 11.3. The first-order valence-corrected chi connectivity index (χ1v) is 6.46. The van der Waals surface area contributed by atoms with E-state index in [9.17, 15) is 9.90 Å².